The molecule has 2 saturated heterocycles. The van der Waals surface area contributed by atoms with Crippen molar-refractivity contribution in [2.75, 3.05) is 26.7 Å². The van der Waals surface area contributed by atoms with Crippen LogP contribution in [-0.4, -0.2) is 56.7 Å². The number of primary sulfonamides is 1. The number of halogens is 1. The van der Waals surface area contributed by atoms with Gasteiger partial charge in [-0.15, -0.1) is 0 Å². The molecule has 2 aliphatic heterocycles. The topological polar surface area (TPSA) is 101 Å². The molecule has 136 valence electrons. The Kier molecular flexibility index (Phi) is 4.32. The highest BCUT2D eigenvalue weighted by Gasteiger charge is 2.48. The van der Waals surface area contributed by atoms with Gasteiger partial charge in [0.2, 0.25) is 15.9 Å². The molecular weight excluding hydrogens is 349 g/mol. The number of carbonyl (C=O) groups is 2. The lowest BCUT2D eigenvalue weighted by Gasteiger charge is -2.37. The maximum Gasteiger partial charge on any atom is 0.256 e. The molecule has 0 saturated carbocycles. The minimum absolute atomic E-state index is 0.00723. The lowest BCUT2D eigenvalue weighted by molar-refractivity contribution is -0.143. The van der Waals surface area contributed by atoms with Gasteiger partial charge in [-0.3, -0.25) is 9.59 Å². The number of sulfonamides is 1. The van der Waals surface area contributed by atoms with Gasteiger partial charge in [0.25, 0.3) is 5.91 Å². The average molecular weight is 369 g/mol. The van der Waals surface area contributed by atoms with Crippen molar-refractivity contribution in [1.82, 2.24) is 9.80 Å². The molecule has 25 heavy (non-hydrogen) atoms. The van der Waals surface area contributed by atoms with Gasteiger partial charge in [0, 0.05) is 26.7 Å². The van der Waals surface area contributed by atoms with Crippen LogP contribution in [0.1, 0.15) is 29.6 Å². The Hall–Kier alpha value is -2.00. The van der Waals surface area contributed by atoms with E-state index in [-0.39, 0.29) is 22.9 Å². The molecule has 0 aliphatic carbocycles. The summed E-state index contributed by atoms with van der Waals surface area (Å²) in [7, 11) is -2.30. The molecule has 0 aromatic heterocycles. The molecule has 1 aromatic rings. The van der Waals surface area contributed by atoms with Gasteiger partial charge in [-0.2, -0.15) is 0 Å². The molecule has 1 atom stereocenters. The number of rotatable bonds is 2. The maximum absolute atomic E-state index is 14.1. The second kappa shape index (κ2) is 6.06. The van der Waals surface area contributed by atoms with Crippen molar-refractivity contribution in [3.63, 3.8) is 0 Å². The van der Waals surface area contributed by atoms with Gasteiger partial charge in [-0.25, -0.2) is 17.9 Å². The number of nitrogens with zero attached hydrogens (tertiary/aromatic N) is 2. The molecule has 2 aliphatic rings. The SMILES string of the molecule is CN1CCC[C@@]2(CCN(C(=O)c3cc(S(N)(=O)=O)ccc3F)C2)C1=O. The van der Waals surface area contributed by atoms with Gasteiger partial charge in [-0.05, 0) is 37.5 Å². The summed E-state index contributed by atoms with van der Waals surface area (Å²) in [6.07, 6.45) is 2.08. The first kappa shape index (κ1) is 17.8. The van der Waals surface area contributed by atoms with Gasteiger partial charge >= 0.3 is 0 Å². The van der Waals surface area contributed by atoms with Gasteiger partial charge < -0.3 is 9.80 Å². The Labute approximate surface area is 145 Å². The first-order valence-electron chi connectivity index (χ1n) is 8.01. The number of benzene rings is 1. The van der Waals surface area contributed by atoms with Crippen molar-refractivity contribution in [2.24, 2.45) is 10.6 Å². The number of piperidine rings is 1. The molecule has 0 radical (unpaired) electrons. The molecule has 3 rings (SSSR count). The second-order valence-electron chi connectivity index (χ2n) is 6.77. The summed E-state index contributed by atoms with van der Waals surface area (Å²) in [4.78, 5) is 28.0. The highest BCUT2D eigenvalue weighted by Crippen LogP contribution is 2.40. The van der Waals surface area contributed by atoms with Gasteiger partial charge in [0.15, 0.2) is 0 Å². The smallest absolute Gasteiger partial charge is 0.256 e. The normalized spacial score (nSPS) is 24.2. The lowest BCUT2D eigenvalue weighted by Crippen LogP contribution is -2.48. The third-order valence-electron chi connectivity index (χ3n) is 5.09. The lowest BCUT2D eigenvalue weighted by atomic mass is 9.78. The molecule has 9 heteroatoms. The van der Waals surface area contributed by atoms with Gasteiger partial charge in [-0.1, -0.05) is 0 Å². The number of hydrogen-bond acceptors (Lipinski definition) is 4. The van der Waals surface area contributed by atoms with Crippen LogP contribution in [0.25, 0.3) is 0 Å². The van der Waals surface area contributed by atoms with E-state index in [1.54, 1.807) is 11.9 Å². The van der Waals surface area contributed by atoms with Gasteiger partial charge in [0.05, 0.1) is 15.9 Å². The van der Waals surface area contributed by atoms with Crippen LogP contribution >= 0.6 is 0 Å². The molecule has 1 aromatic carbocycles. The molecular formula is C16H20FN3O4S. The third-order valence-corrected chi connectivity index (χ3v) is 6.00. The summed E-state index contributed by atoms with van der Waals surface area (Å²) in [5, 5.41) is 5.05. The summed E-state index contributed by atoms with van der Waals surface area (Å²) in [5.74, 6) is -1.43. The number of amides is 2. The zero-order valence-electron chi connectivity index (χ0n) is 13.9. The van der Waals surface area contributed by atoms with Crippen LogP contribution in [0.5, 0.6) is 0 Å². The summed E-state index contributed by atoms with van der Waals surface area (Å²) in [6.45, 7) is 1.24. The van der Waals surface area contributed by atoms with Crippen molar-refractivity contribution in [3.05, 3.63) is 29.6 Å². The summed E-state index contributed by atoms with van der Waals surface area (Å²) in [5.41, 5.74) is -0.961. The number of hydrogen-bond donors (Lipinski definition) is 1. The van der Waals surface area contributed by atoms with E-state index in [0.717, 1.165) is 24.6 Å². The van der Waals surface area contributed by atoms with Crippen molar-refractivity contribution < 1.29 is 22.4 Å². The van der Waals surface area contributed by atoms with E-state index >= 15 is 0 Å². The number of nitrogens with two attached hydrogens (primary N) is 1. The van der Waals surface area contributed by atoms with E-state index in [4.69, 9.17) is 5.14 Å². The fourth-order valence-corrected chi connectivity index (χ4v) is 4.25. The minimum Gasteiger partial charge on any atom is -0.345 e. The molecule has 2 fully saturated rings. The van der Waals surface area contributed by atoms with Crippen LogP contribution < -0.4 is 5.14 Å². The first-order valence-corrected chi connectivity index (χ1v) is 9.56. The van der Waals surface area contributed by atoms with Crippen LogP contribution in [0.4, 0.5) is 4.39 Å². The summed E-state index contributed by atoms with van der Waals surface area (Å²) < 4.78 is 37.0. The Bertz CT molecular complexity index is 842. The Morgan fingerprint density at radius 2 is 2.00 bits per heavy atom. The van der Waals surface area contributed by atoms with E-state index < -0.39 is 27.2 Å². The van der Waals surface area contributed by atoms with Crippen molar-refractivity contribution >= 4 is 21.8 Å². The van der Waals surface area contributed by atoms with Crippen LogP contribution in [0.15, 0.2) is 23.1 Å². The van der Waals surface area contributed by atoms with E-state index in [1.807, 2.05) is 0 Å². The Morgan fingerprint density at radius 1 is 1.28 bits per heavy atom. The molecule has 0 unspecified atom stereocenters. The Morgan fingerprint density at radius 3 is 2.68 bits per heavy atom. The quantitative estimate of drug-likeness (QED) is 0.823. The zero-order valence-corrected chi connectivity index (χ0v) is 14.7. The van der Waals surface area contributed by atoms with Crippen molar-refractivity contribution in [1.29, 1.82) is 0 Å². The highest BCUT2D eigenvalue weighted by molar-refractivity contribution is 7.89. The largest absolute Gasteiger partial charge is 0.345 e. The van der Waals surface area contributed by atoms with E-state index in [2.05, 4.69) is 0 Å². The van der Waals surface area contributed by atoms with Crippen molar-refractivity contribution in [3.8, 4) is 0 Å². The van der Waals surface area contributed by atoms with Crippen LogP contribution in [0.3, 0.4) is 0 Å². The van der Waals surface area contributed by atoms with E-state index in [9.17, 15) is 22.4 Å². The van der Waals surface area contributed by atoms with Crippen LogP contribution in [0.2, 0.25) is 0 Å². The third kappa shape index (κ3) is 3.13. The fourth-order valence-electron chi connectivity index (χ4n) is 3.71. The predicted octanol–water partition coefficient (Wildman–Crippen LogP) is 0.558. The molecule has 2 amide bonds. The molecule has 1 spiro atoms. The monoisotopic (exact) mass is 369 g/mol. The summed E-state index contributed by atoms with van der Waals surface area (Å²) in [6, 6.07) is 2.89. The number of likely N-dealkylation sites (tertiary alicyclic amines) is 2. The van der Waals surface area contributed by atoms with Crippen LogP contribution in [0, 0.1) is 11.2 Å². The van der Waals surface area contributed by atoms with Crippen molar-refractivity contribution in [2.45, 2.75) is 24.2 Å². The first-order chi connectivity index (χ1) is 11.6. The maximum atomic E-state index is 14.1. The van der Waals surface area contributed by atoms with E-state index in [0.29, 0.717) is 25.9 Å². The number of carbonyl (C=O) groups excluding carboxylic acids is 2. The second-order valence-corrected chi connectivity index (χ2v) is 8.34. The predicted molar refractivity (Wildman–Crippen MR) is 87.6 cm³/mol. The van der Waals surface area contributed by atoms with Crippen LogP contribution in [-0.2, 0) is 14.8 Å². The summed E-state index contributed by atoms with van der Waals surface area (Å²) >= 11 is 0. The molecule has 2 N–H and O–H groups in total. The molecule has 2 heterocycles. The minimum atomic E-state index is -4.04. The zero-order chi connectivity index (χ0) is 18.4. The van der Waals surface area contributed by atoms with Gasteiger partial charge in [0.1, 0.15) is 5.82 Å². The molecule has 0 bridgehead atoms. The van der Waals surface area contributed by atoms with E-state index in [1.165, 1.54) is 4.90 Å². The highest BCUT2D eigenvalue weighted by atomic mass is 32.2. The molecule has 7 nitrogen and oxygen atoms in total. The fraction of sp³-hybridized carbons (Fsp3) is 0.500. The average Bonchev–Trinajstić information content (AvgIpc) is 2.96. The standard InChI is InChI=1S/C16H20FN3O4S/c1-19-7-2-5-16(15(19)22)6-8-20(10-16)14(21)12-9-11(25(18,23)24)3-4-13(12)17/h3-4,9H,2,5-8,10H2,1H3,(H2,18,23,24)/t16-/m0/s1. The Balaban J connectivity index is 1.87.